The van der Waals surface area contributed by atoms with Gasteiger partial charge in [0.25, 0.3) is 0 Å². The first kappa shape index (κ1) is 26.5. The number of carbonyl (C=O) groups is 2. The average molecular weight is 493 g/mol. The summed E-state index contributed by atoms with van der Waals surface area (Å²) >= 11 is 0. The third-order valence-corrected chi connectivity index (χ3v) is 7.72. The second-order valence-electron chi connectivity index (χ2n) is 8.18. The Balaban J connectivity index is 1.78. The van der Waals surface area contributed by atoms with Gasteiger partial charge in [0.15, 0.2) is 14.7 Å². The molecule has 3 rings (SSSR count). The molecule has 5 nitrogen and oxygen atoms in total. The predicted molar refractivity (Wildman–Crippen MR) is 140 cm³/mol. The second-order valence-corrected chi connectivity index (χ2v) is 10.2. The standard InChI is InChI=1S/C29H34NO4S/c1-4-33-28(31)21-30(22-29(32)34-5-2)20-23(3)24-16-18-27(19-17-24)35(25-12-8-6-9-13-25)26-14-10-7-11-15-26/h6-19,23H,4-5,20-22H2,1-3H3/q+1. The zero-order chi connectivity index (χ0) is 25.0. The maximum Gasteiger partial charge on any atom is 0.320 e. The first-order valence-corrected chi connectivity index (χ1v) is 13.2. The van der Waals surface area contributed by atoms with Crippen LogP contribution in [0.5, 0.6) is 0 Å². The summed E-state index contributed by atoms with van der Waals surface area (Å²) in [5, 5.41) is 0. The van der Waals surface area contributed by atoms with Crippen LogP contribution in [-0.2, 0) is 30.0 Å². The molecule has 35 heavy (non-hydrogen) atoms. The Morgan fingerprint density at radius 3 is 1.57 bits per heavy atom. The van der Waals surface area contributed by atoms with Gasteiger partial charge in [-0.25, -0.2) is 0 Å². The topological polar surface area (TPSA) is 55.8 Å². The molecule has 3 aromatic rings. The molecule has 6 heteroatoms. The summed E-state index contributed by atoms with van der Waals surface area (Å²) in [6, 6.07) is 29.8. The monoisotopic (exact) mass is 492 g/mol. The van der Waals surface area contributed by atoms with E-state index in [-0.39, 0.29) is 41.8 Å². The quantitative estimate of drug-likeness (QED) is 0.253. The average Bonchev–Trinajstić information content (AvgIpc) is 2.86. The molecule has 1 unspecified atom stereocenters. The first-order chi connectivity index (χ1) is 17.0. The molecule has 0 aliphatic carbocycles. The molecule has 0 fully saturated rings. The maximum atomic E-state index is 12.1. The van der Waals surface area contributed by atoms with Gasteiger partial charge in [-0.05, 0) is 61.7 Å². The number of hydrogen-bond acceptors (Lipinski definition) is 5. The summed E-state index contributed by atoms with van der Waals surface area (Å²) in [7, 11) is -0.200. The minimum atomic E-state index is -0.339. The van der Waals surface area contributed by atoms with E-state index in [2.05, 4.69) is 79.7 Å². The van der Waals surface area contributed by atoms with Gasteiger partial charge in [0, 0.05) is 6.54 Å². The van der Waals surface area contributed by atoms with Crippen LogP contribution < -0.4 is 0 Å². The normalized spacial score (nSPS) is 11.9. The minimum absolute atomic E-state index is 0.0561. The van der Waals surface area contributed by atoms with Gasteiger partial charge in [-0.15, -0.1) is 0 Å². The zero-order valence-corrected chi connectivity index (χ0v) is 21.5. The van der Waals surface area contributed by atoms with Crippen molar-refractivity contribution in [3.63, 3.8) is 0 Å². The van der Waals surface area contributed by atoms with Crippen LogP contribution in [-0.4, -0.2) is 49.7 Å². The highest BCUT2D eigenvalue weighted by atomic mass is 32.2. The Hall–Kier alpha value is -3.09. The molecular weight excluding hydrogens is 458 g/mol. The van der Waals surface area contributed by atoms with Gasteiger partial charge < -0.3 is 9.47 Å². The molecule has 0 amide bonds. The Bertz CT molecular complexity index is 998. The number of esters is 2. The van der Waals surface area contributed by atoms with Gasteiger partial charge in [-0.1, -0.05) is 55.5 Å². The molecule has 0 aliphatic rings. The van der Waals surface area contributed by atoms with Crippen LogP contribution in [0.3, 0.4) is 0 Å². The molecule has 0 bridgehead atoms. The van der Waals surface area contributed by atoms with E-state index in [0.717, 1.165) is 5.56 Å². The van der Waals surface area contributed by atoms with E-state index >= 15 is 0 Å². The van der Waals surface area contributed by atoms with Crippen LogP contribution in [0.15, 0.2) is 99.6 Å². The summed E-state index contributed by atoms with van der Waals surface area (Å²) in [5.74, 6) is -0.564. The van der Waals surface area contributed by atoms with Crippen molar-refractivity contribution in [3.05, 3.63) is 90.5 Å². The van der Waals surface area contributed by atoms with E-state index in [0.29, 0.717) is 19.8 Å². The number of carbonyl (C=O) groups excluding carboxylic acids is 2. The lowest BCUT2D eigenvalue weighted by atomic mass is 10.0. The number of hydrogen-bond donors (Lipinski definition) is 0. The lowest BCUT2D eigenvalue weighted by molar-refractivity contribution is -0.148. The predicted octanol–water partition coefficient (Wildman–Crippen LogP) is 5.31. The van der Waals surface area contributed by atoms with Crippen LogP contribution in [0.25, 0.3) is 0 Å². The summed E-state index contributed by atoms with van der Waals surface area (Å²) in [5.41, 5.74) is 1.15. The Kier molecular flexibility index (Phi) is 10.4. The number of nitrogens with zero attached hydrogens (tertiary/aromatic N) is 1. The molecule has 184 valence electrons. The van der Waals surface area contributed by atoms with Crippen molar-refractivity contribution in [1.29, 1.82) is 0 Å². The Morgan fingerprint density at radius 1 is 0.714 bits per heavy atom. The van der Waals surface area contributed by atoms with E-state index in [4.69, 9.17) is 9.47 Å². The van der Waals surface area contributed by atoms with Crippen molar-refractivity contribution in [3.8, 4) is 0 Å². The third kappa shape index (κ3) is 7.98. The summed E-state index contributed by atoms with van der Waals surface area (Å²) in [6.45, 7) is 6.93. The molecule has 0 heterocycles. The number of ether oxygens (including phenoxy) is 2. The zero-order valence-electron chi connectivity index (χ0n) is 20.7. The highest BCUT2D eigenvalue weighted by Crippen LogP contribution is 2.31. The Labute approximate surface area is 211 Å². The molecule has 1 atom stereocenters. The molecule has 0 saturated heterocycles. The van der Waals surface area contributed by atoms with Crippen LogP contribution in [0.2, 0.25) is 0 Å². The van der Waals surface area contributed by atoms with Crippen LogP contribution in [0.4, 0.5) is 0 Å². The molecule has 0 spiro atoms. The van der Waals surface area contributed by atoms with Crippen molar-refractivity contribution in [2.75, 3.05) is 32.8 Å². The van der Waals surface area contributed by atoms with Gasteiger partial charge in [-0.2, -0.15) is 0 Å². The summed E-state index contributed by atoms with van der Waals surface area (Å²) in [6.07, 6.45) is 0. The number of rotatable bonds is 12. The van der Waals surface area contributed by atoms with E-state index < -0.39 is 0 Å². The van der Waals surface area contributed by atoms with Crippen molar-refractivity contribution in [1.82, 2.24) is 4.90 Å². The smallest absolute Gasteiger partial charge is 0.320 e. The van der Waals surface area contributed by atoms with Crippen LogP contribution in [0.1, 0.15) is 32.3 Å². The highest BCUT2D eigenvalue weighted by Gasteiger charge is 2.28. The largest absolute Gasteiger partial charge is 0.465 e. The van der Waals surface area contributed by atoms with Crippen molar-refractivity contribution in [2.24, 2.45) is 0 Å². The van der Waals surface area contributed by atoms with E-state index in [1.807, 2.05) is 12.1 Å². The molecule has 0 saturated carbocycles. The SMILES string of the molecule is CCOC(=O)CN(CC(=O)OCC)CC(C)c1ccc([S+](c2ccccc2)c2ccccc2)cc1. The van der Waals surface area contributed by atoms with Crippen LogP contribution in [0, 0.1) is 0 Å². The van der Waals surface area contributed by atoms with E-state index in [1.165, 1.54) is 14.7 Å². The lowest BCUT2D eigenvalue weighted by Gasteiger charge is -2.24. The molecule has 0 aromatic heterocycles. The molecular formula is C29H34NO4S+. The van der Waals surface area contributed by atoms with Gasteiger partial charge in [0.05, 0.1) is 37.2 Å². The third-order valence-electron chi connectivity index (χ3n) is 5.49. The maximum absolute atomic E-state index is 12.1. The van der Waals surface area contributed by atoms with E-state index in [1.54, 1.807) is 18.7 Å². The van der Waals surface area contributed by atoms with Gasteiger partial charge in [-0.3, -0.25) is 14.5 Å². The number of benzene rings is 3. The summed E-state index contributed by atoms with van der Waals surface area (Å²) in [4.78, 5) is 29.8. The van der Waals surface area contributed by atoms with Gasteiger partial charge in [0.2, 0.25) is 0 Å². The second kappa shape index (κ2) is 13.7. The molecule has 3 aromatic carbocycles. The first-order valence-electron chi connectivity index (χ1n) is 12.0. The molecule has 0 N–H and O–H groups in total. The fraction of sp³-hybridized carbons (Fsp3) is 0.310. The van der Waals surface area contributed by atoms with Crippen LogP contribution >= 0.6 is 0 Å². The lowest BCUT2D eigenvalue weighted by Crippen LogP contribution is -2.38. The van der Waals surface area contributed by atoms with Gasteiger partial charge >= 0.3 is 11.9 Å². The van der Waals surface area contributed by atoms with Crippen molar-refractivity contribution in [2.45, 2.75) is 41.4 Å². The van der Waals surface area contributed by atoms with Crippen molar-refractivity contribution >= 4 is 22.8 Å². The molecule has 0 radical (unpaired) electrons. The fourth-order valence-electron chi connectivity index (χ4n) is 3.91. The highest BCUT2D eigenvalue weighted by molar-refractivity contribution is 7.97. The van der Waals surface area contributed by atoms with Gasteiger partial charge in [0.1, 0.15) is 0 Å². The van der Waals surface area contributed by atoms with Crippen molar-refractivity contribution < 1.29 is 19.1 Å². The van der Waals surface area contributed by atoms with E-state index in [9.17, 15) is 9.59 Å². The molecule has 0 aliphatic heterocycles. The Morgan fingerprint density at radius 2 is 1.14 bits per heavy atom. The minimum Gasteiger partial charge on any atom is -0.465 e. The summed E-state index contributed by atoms with van der Waals surface area (Å²) < 4.78 is 10.2. The fourth-order valence-corrected chi connectivity index (χ4v) is 5.99.